The van der Waals surface area contributed by atoms with E-state index in [1.54, 1.807) is 24.3 Å². The van der Waals surface area contributed by atoms with Gasteiger partial charge in [-0.15, -0.1) is 0 Å². The molecule has 1 aromatic carbocycles. The van der Waals surface area contributed by atoms with Crippen molar-refractivity contribution < 1.29 is 22.7 Å². The summed E-state index contributed by atoms with van der Waals surface area (Å²) in [7, 11) is -3.15. The number of nitrogens with one attached hydrogen (secondary N) is 1. The van der Waals surface area contributed by atoms with Crippen molar-refractivity contribution in [1.82, 2.24) is 9.62 Å². The Hall–Kier alpha value is -1.80. The van der Waals surface area contributed by atoms with E-state index in [9.17, 15) is 13.2 Å². The van der Waals surface area contributed by atoms with Crippen LogP contribution in [0, 0.1) is 0 Å². The van der Waals surface area contributed by atoms with E-state index < -0.39 is 10.0 Å². The van der Waals surface area contributed by atoms with Gasteiger partial charge < -0.3 is 14.8 Å². The Kier molecular flexibility index (Phi) is 6.44. The molecule has 0 aromatic heterocycles. The summed E-state index contributed by atoms with van der Waals surface area (Å²) in [4.78, 5) is 11.9. The van der Waals surface area contributed by atoms with Gasteiger partial charge in [-0.2, -0.15) is 0 Å². The second-order valence-corrected chi connectivity index (χ2v) is 7.68. The average molecular weight is 356 g/mol. The van der Waals surface area contributed by atoms with Gasteiger partial charge in [-0.1, -0.05) is 0 Å². The molecule has 24 heavy (non-hydrogen) atoms. The maximum Gasteiger partial charge on any atom is 0.258 e. The maximum atomic E-state index is 11.9. The van der Waals surface area contributed by atoms with Crippen LogP contribution in [0.2, 0.25) is 0 Å². The molecular formula is C16H24N2O5S. The quantitative estimate of drug-likeness (QED) is 0.788. The van der Waals surface area contributed by atoms with Gasteiger partial charge >= 0.3 is 0 Å². The van der Waals surface area contributed by atoms with E-state index in [0.717, 1.165) is 5.75 Å². The Labute approximate surface area is 143 Å². The molecule has 134 valence electrons. The molecule has 7 nitrogen and oxygen atoms in total. The minimum absolute atomic E-state index is 0.0144. The summed E-state index contributed by atoms with van der Waals surface area (Å²) in [6.45, 7) is 3.31. The van der Waals surface area contributed by atoms with Crippen LogP contribution in [0.5, 0.6) is 11.5 Å². The van der Waals surface area contributed by atoms with Crippen molar-refractivity contribution in [2.75, 3.05) is 32.6 Å². The highest BCUT2D eigenvalue weighted by molar-refractivity contribution is 7.88. The van der Waals surface area contributed by atoms with Crippen molar-refractivity contribution in [1.29, 1.82) is 0 Å². The van der Waals surface area contributed by atoms with Crippen LogP contribution >= 0.6 is 0 Å². The number of carbonyl (C=O) groups excluding carboxylic acids is 1. The van der Waals surface area contributed by atoms with Crippen molar-refractivity contribution in [2.45, 2.75) is 25.8 Å². The highest BCUT2D eigenvalue weighted by Gasteiger charge is 2.25. The monoisotopic (exact) mass is 356 g/mol. The van der Waals surface area contributed by atoms with Crippen LogP contribution in [0.15, 0.2) is 24.3 Å². The van der Waals surface area contributed by atoms with Gasteiger partial charge in [0.05, 0.1) is 12.9 Å². The molecule has 1 N–H and O–H groups in total. The summed E-state index contributed by atoms with van der Waals surface area (Å²) in [5, 5.41) is 2.88. The van der Waals surface area contributed by atoms with Gasteiger partial charge in [0.25, 0.3) is 5.91 Å². The van der Waals surface area contributed by atoms with Gasteiger partial charge in [-0.3, -0.25) is 4.79 Å². The molecule has 0 spiro atoms. The standard InChI is InChI=1S/C16H24N2O5S/c1-3-22-14-4-6-15(7-5-14)23-12-16(19)17-13-8-10-18(11-9-13)24(2,20)21/h4-7,13H,3,8-12H2,1-2H3,(H,17,19). The summed E-state index contributed by atoms with van der Waals surface area (Å²) in [6.07, 6.45) is 2.43. The SMILES string of the molecule is CCOc1ccc(OCC(=O)NC2CCN(S(C)(=O)=O)CC2)cc1. The highest BCUT2D eigenvalue weighted by atomic mass is 32.2. The van der Waals surface area contributed by atoms with Crippen molar-refractivity contribution in [2.24, 2.45) is 0 Å². The van der Waals surface area contributed by atoms with Crippen molar-refractivity contribution in [3.8, 4) is 11.5 Å². The van der Waals surface area contributed by atoms with E-state index in [1.165, 1.54) is 10.6 Å². The molecule has 0 atom stereocenters. The zero-order chi connectivity index (χ0) is 17.6. The Morgan fingerprint density at radius 1 is 1.17 bits per heavy atom. The van der Waals surface area contributed by atoms with Crippen LogP contribution in [0.4, 0.5) is 0 Å². The summed E-state index contributed by atoms with van der Waals surface area (Å²) < 4.78 is 35.1. The number of sulfonamides is 1. The third-order valence-corrected chi connectivity index (χ3v) is 5.10. The third kappa shape index (κ3) is 5.68. The second-order valence-electron chi connectivity index (χ2n) is 5.70. The topological polar surface area (TPSA) is 84.9 Å². The minimum atomic E-state index is -3.15. The lowest BCUT2D eigenvalue weighted by atomic mass is 10.1. The fraction of sp³-hybridized carbons (Fsp3) is 0.562. The molecule has 1 fully saturated rings. The molecule has 1 aromatic rings. The molecule has 0 aliphatic carbocycles. The smallest absolute Gasteiger partial charge is 0.258 e. The number of carbonyl (C=O) groups is 1. The van der Waals surface area contributed by atoms with Crippen LogP contribution in [0.3, 0.4) is 0 Å². The fourth-order valence-electron chi connectivity index (χ4n) is 2.55. The lowest BCUT2D eigenvalue weighted by molar-refractivity contribution is -0.124. The van der Waals surface area contributed by atoms with Crippen molar-refractivity contribution in [3.05, 3.63) is 24.3 Å². The summed E-state index contributed by atoms with van der Waals surface area (Å²) in [5.41, 5.74) is 0. The molecule has 2 rings (SSSR count). The number of hydrogen-bond acceptors (Lipinski definition) is 5. The average Bonchev–Trinajstić information content (AvgIpc) is 2.54. The van der Waals surface area contributed by atoms with Crippen molar-refractivity contribution >= 4 is 15.9 Å². The highest BCUT2D eigenvalue weighted by Crippen LogP contribution is 2.17. The van der Waals surface area contributed by atoms with E-state index >= 15 is 0 Å². The number of piperidine rings is 1. The Morgan fingerprint density at radius 3 is 2.21 bits per heavy atom. The van der Waals surface area contributed by atoms with Gasteiger partial charge in [-0.25, -0.2) is 12.7 Å². The first-order valence-electron chi connectivity index (χ1n) is 7.98. The molecular weight excluding hydrogens is 332 g/mol. The van der Waals surface area contributed by atoms with Gasteiger partial charge in [0.15, 0.2) is 6.61 Å². The first-order chi connectivity index (χ1) is 11.4. The van der Waals surface area contributed by atoms with Crippen LogP contribution in [0.25, 0.3) is 0 Å². The lowest BCUT2D eigenvalue weighted by Crippen LogP contribution is -2.47. The van der Waals surface area contributed by atoms with Gasteiger partial charge in [0, 0.05) is 19.1 Å². The number of ether oxygens (including phenoxy) is 2. The predicted molar refractivity (Wildman–Crippen MR) is 90.7 cm³/mol. The Morgan fingerprint density at radius 2 is 1.71 bits per heavy atom. The first-order valence-corrected chi connectivity index (χ1v) is 9.83. The Bertz CT molecular complexity index is 637. The van der Waals surface area contributed by atoms with Crippen LogP contribution in [-0.2, 0) is 14.8 Å². The van der Waals surface area contributed by atoms with Gasteiger partial charge in [0.1, 0.15) is 11.5 Å². The van der Waals surface area contributed by atoms with E-state index in [4.69, 9.17) is 9.47 Å². The summed E-state index contributed by atoms with van der Waals surface area (Å²) in [6, 6.07) is 7.07. The van der Waals surface area contributed by atoms with Crippen LogP contribution in [-0.4, -0.2) is 57.2 Å². The van der Waals surface area contributed by atoms with E-state index in [2.05, 4.69) is 5.32 Å². The molecule has 1 saturated heterocycles. The normalized spacial score (nSPS) is 16.6. The molecule has 8 heteroatoms. The van der Waals surface area contributed by atoms with E-state index in [1.807, 2.05) is 6.92 Å². The summed E-state index contributed by atoms with van der Waals surface area (Å²) in [5.74, 6) is 1.15. The van der Waals surface area contributed by atoms with E-state index in [0.29, 0.717) is 38.3 Å². The number of rotatable bonds is 7. The summed E-state index contributed by atoms with van der Waals surface area (Å²) >= 11 is 0. The molecule has 1 heterocycles. The van der Waals surface area contributed by atoms with Crippen LogP contribution in [0.1, 0.15) is 19.8 Å². The van der Waals surface area contributed by atoms with Crippen LogP contribution < -0.4 is 14.8 Å². The predicted octanol–water partition coefficient (Wildman–Crippen LogP) is 1.00. The molecule has 0 bridgehead atoms. The second kappa shape index (κ2) is 8.34. The number of benzene rings is 1. The van der Waals surface area contributed by atoms with E-state index in [-0.39, 0.29) is 18.6 Å². The van der Waals surface area contributed by atoms with Crippen molar-refractivity contribution in [3.63, 3.8) is 0 Å². The zero-order valence-electron chi connectivity index (χ0n) is 14.0. The molecule has 0 unspecified atom stereocenters. The molecule has 1 aliphatic heterocycles. The molecule has 0 radical (unpaired) electrons. The van der Waals surface area contributed by atoms with Gasteiger partial charge in [0.2, 0.25) is 10.0 Å². The lowest BCUT2D eigenvalue weighted by Gasteiger charge is -2.30. The Balaban J connectivity index is 1.72. The minimum Gasteiger partial charge on any atom is -0.494 e. The molecule has 1 aliphatic rings. The van der Waals surface area contributed by atoms with Gasteiger partial charge in [-0.05, 0) is 44.0 Å². The molecule has 1 amide bonds. The number of hydrogen-bond donors (Lipinski definition) is 1. The largest absolute Gasteiger partial charge is 0.494 e. The number of nitrogens with zero attached hydrogens (tertiary/aromatic N) is 1. The first kappa shape index (κ1) is 18.5. The number of amides is 1. The maximum absolute atomic E-state index is 11.9. The molecule has 0 saturated carbocycles. The zero-order valence-corrected chi connectivity index (χ0v) is 14.8. The fourth-order valence-corrected chi connectivity index (χ4v) is 3.42. The third-order valence-electron chi connectivity index (χ3n) is 3.79.